The molecule has 82 valence electrons. The van der Waals surface area contributed by atoms with E-state index in [2.05, 4.69) is 32.6 Å². The van der Waals surface area contributed by atoms with Crippen LogP contribution in [0.1, 0.15) is 25.7 Å². The molecule has 0 spiro atoms. The minimum atomic E-state index is 0.189. The van der Waals surface area contributed by atoms with Gasteiger partial charge in [-0.1, -0.05) is 0 Å². The summed E-state index contributed by atoms with van der Waals surface area (Å²) in [5.41, 5.74) is 5.88. The van der Waals surface area contributed by atoms with Crippen molar-refractivity contribution in [3.8, 4) is 6.01 Å². The molecule has 1 fully saturated rings. The Morgan fingerprint density at radius 1 is 1.33 bits per heavy atom. The summed E-state index contributed by atoms with van der Waals surface area (Å²) < 4.78 is 6.69. The minimum absolute atomic E-state index is 0.189. The van der Waals surface area contributed by atoms with Crippen molar-refractivity contribution >= 4 is 22.6 Å². The number of ether oxygens (including phenoxy) is 1. The number of halogens is 1. The third kappa shape index (κ3) is 3.27. The Bertz CT molecular complexity index is 317. The lowest BCUT2D eigenvalue weighted by atomic mass is 9.94. The Balaban J connectivity index is 1.93. The van der Waals surface area contributed by atoms with Gasteiger partial charge in [-0.25, -0.2) is 9.97 Å². The quantitative estimate of drug-likeness (QED) is 0.844. The van der Waals surface area contributed by atoms with Gasteiger partial charge in [0.2, 0.25) is 0 Å². The molecule has 1 aromatic rings. The molecule has 1 heterocycles. The van der Waals surface area contributed by atoms with Crippen LogP contribution in [-0.4, -0.2) is 22.1 Å². The first kappa shape index (κ1) is 11.1. The number of hydrogen-bond acceptors (Lipinski definition) is 4. The first-order valence-corrected chi connectivity index (χ1v) is 6.21. The lowest BCUT2D eigenvalue weighted by molar-refractivity contribution is 0.132. The first-order valence-electron chi connectivity index (χ1n) is 5.14. The molecular weight excluding hydrogens is 305 g/mol. The molecule has 1 aliphatic rings. The van der Waals surface area contributed by atoms with Crippen molar-refractivity contribution < 1.29 is 4.74 Å². The van der Waals surface area contributed by atoms with Crippen molar-refractivity contribution in [2.24, 2.45) is 5.73 Å². The van der Waals surface area contributed by atoms with E-state index in [4.69, 9.17) is 10.5 Å². The van der Waals surface area contributed by atoms with Crippen molar-refractivity contribution in [2.75, 3.05) is 0 Å². The van der Waals surface area contributed by atoms with Gasteiger partial charge in [0.25, 0.3) is 0 Å². The smallest absolute Gasteiger partial charge is 0.316 e. The molecule has 1 aromatic heterocycles. The highest BCUT2D eigenvalue weighted by Crippen LogP contribution is 2.20. The molecule has 0 aromatic carbocycles. The van der Waals surface area contributed by atoms with E-state index in [-0.39, 0.29) is 12.1 Å². The Morgan fingerprint density at radius 3 is 2.73 bits per heavy atom. The van der Waals surface area contributed by atoms with E-state index in [0.29, 0.717) is 6.01 Å². The van der Waals surface area contributed by atoms with Crippen LogP contribution in [0.5, 0.6) is 6.01 Å². The zero-order valence-electron chi connectivity index (χ0n) is 8.40. The van der Waals surface area contributed by atoms with Gasteiger partial charge >= 0.3 is 6.01 Å². The van der Waals surface area contributed by atoms with Crippen molar-refractivity contribution in [1.82, 2.24) is 9.97 Å². The topological polar surface area (TPSA) is 61.0 Å². The van der Waals surface area contributed by atoms with Crippen LogP contribution in [0.25, 0.3) is 0 Å². The molecule has 2 rings (SSSR count). The van der Waals surface area contributed by atoms with E-state index in [1.165, 1.54) is 0 Å². The minimum Gasteiger partial charge on any atom is -0.460 e. The summed E-state index contributed by atoms with van der Waals surface area (Å²) in [5.74, 6) is 0. The highest BCUT2D eigenvalue weighted by Gasteiger charge is 2.21. The van der Waals surface area contributed by atoms with Crippen LogP contribution in [0.2, 0.25) is 0 Å². The molecule has 0 aliphatic heterocycles. The fraction of sp³-hybridized carbons (Fsp3) is 0.600. The largest absolute Gasteiger partial charge is 0.460 e. The average Bonchev–Trinajstić information content (AvgIpc) is 2.22. The molecule has 4 nitrogen and oxygen atoms in total. The van der Waals surface area contributed by atoms with Crippen LogP contribution in [0.3, 0.4) is 0 Å². The average molecular weight is 319 g/mol. The Morgan fingerprint density at radius 2 is 2.07 bits per heavy atom. The fourth-order valence-electron chi connectivity index (χ4n) is 1.80. The van der Waals surface area contributed by atoms with Gasteiger partial charge in [0.1, 0.15) is 6.10 Å². The Kier molecular flexibility index (Phi) is 3.74. The second-order valence-electron chi connectivity index (χ2n) is 3.85. The second-order valence-corrected chi connectivity index (χ2v) is 5.10. The molecule has 2 N–H and O–H groups in total. The van der Waals surface area contributed by atoms with Crippen LogP contribution in [0, 0.1) is 3.57 Å². The maximum absolute atomic E-state index is 5.88. The van der Waals surface area contributed by atoms with Gasteiger partial charge in [0, 0.05) is 22.0 Å². The lowest BCUT2D eigenvalue weighted by Gasteiger charge is -2.26. The number of rotatable bonds is 2. The van der Waals surface area contributed by atoms with Gasteiger partial charge in [-0.2, -0.15) is 0 Å². The molecule has 2 atom stereocenters. The van der Waals surface area contributed by atoms with Crippen molar-refractivity contribution in [2.45, 2.75) is 37.8 Å². The molecule has 0 radical (unpaired) electrons. The summed E-state index contributed by atoms with van der Waals surface area (Å²) >= 11 is 2.17. The van der Waals surface area contributed by atoms with Gasteiger partial charge in [-0.15, -0.1) is 0 Å². The molecule has 5 heteroatoms. The van der Waals surface area contributed by atoms with Crippen LogP contribution in [0.15, 0.2) is 12.4 Å². The summed E-state index contributed by atoms with van der Waals surface area (Å²) in [5, 5.41) is 0. The molecule has 1 aliphatic carbocycles. The first-order chi connectivity index (χ1) is 7.24. The lowest BCUT2D eigenvalue weighted by Crippen LogP contribution is -2.34. The predicted molar refractivity (Wildman–Crippen MR) is 65.6 cm³/mol. The van der Waals surface area contributed by atoms with Gasteiger partial charge in [-0.3, -0.25) is 0 Å². The zero-order chi connectivity index (χ0) is 10.7. The van der Waals surface area contributed by atoms with E-state index in [0.717, 1.165) is 29.3 Å². The molecule has 0 saturated heterocycles. The van der Waals surface area contributed by atoms with Crippen LogP contribution in [-0.2, 0) is 0 Å². The van der Waals surface area contributed by atoms with Gasteiger partial charge < -0.3 is 10.5 Å². The fourth-order valence-corrected chi connectivity index (χ4v) is 2.08. The van der Waals surface area contributed by atoms with Gasteiger partial charge in [0.05, 0.1) is 0 Å². The SMILES string of the molecule is NC1CCCC(Oc2ncc(I)cn2)C1. The number of nitrogens with two attached hydrogens (primary N) is 1. The molecule has 2 unspecified atom stereocenters. The van der Waals surface area contributed by atoms with Crippen LogP contribution < -0.4 is 10.5 Å². The molecule has 1 saturated carbocycles. The maximum atomic E-state index is 5.88. The summed E-state index contributed by atoms with van der Waals surface area (Å²) in [6.07, 6.45) is 7.91. The molecule has 15 heavy (non-hydrogen) atoms. The van der Waals surface area contributed by atoms with Crippen molar-refractivity contribution in [3.05, 3.63) is 16.0 Å². The highest BCUT2D eigenvalue weighted by molar-refractivity contribution is 14.1. The van der Waals surface area contributed by atoms with E-state index < -0.39 is 0 Å². The second kappa shape index (κ2) is 5.07. The number of aromatic nitrogens is 2. The summed E-state index contributed by atoms with van der Waals surface area (Å²) in [4.78, 5) is 8.23. The van der Waals surface area contributed by atoms with Crippen LogP contribution >= 0.6 is 22.6 Å². The van der Waals surface area contributed by atoms with E-state index in [1.807, 2.05) is 0 Å². The van der Waals surface area contributed by atoms with Crippen molar-refractivity contribution in [1.29, 1.82) is 0 Å². The normalized spacial score (nSPS) is 26.3. The van der Waals surface area contributed by atoms with Gasteiger partial charge in [0.15, 0.2) is 0 Å². The summed E-state index contributed by atoms with van der Waals surface area (Å²) in [6, 6.07) is 0.738. The number of nitrogens with zero attached hydrogens (tertiary/aromatic N) is 2. The summed E-state index contributed by atoms with van der Waals surface area (Å²) in [7, 11) is 0. The van der Waals surface area contributed by atoms with E-state index >= 15 is 0 Å². The highest BCUT2D eigenvalue weighted by atomic mass is 127. The van der Waals surface area contributed by atoms with E-state index in [9.17, 15) is 0 Å². The van der Waals surface area contributed by atoms with Crippen molar-refractivity contribution in [3.63, 3.8) is 0 Å². The van der Waals surface area contributed by atoms with Crippen LogP contribution in [0.4, 0.5) is 0 Å². The summed E-state index contributed by atoms with van der Waals surface area (Å²) in [6.45, 7) is 0. The molecule has 0 amide bonds. The van der Waals surface area contributed by atoms with Gasteiger partial charge in [-0.05, 0) is 48.3 Å². The van der Waals surface area contributed by atoms with E-state index in [1.54, 1.807) is 12.4 Å². The molecular formula is C10H14IN3O. The number of hydrogen-bond donors (Lipinski definition) is 1. The third-order valence-electron chi connectivity index (χ3n) is 2.54. The zero-order valence-corrected chi connectivity index (χ0v) is 10.6. The molecule has 0 bridgehead atoms. The standard InChI is InChI=1S/C10H14IN3O/c11-7-5-13-10(14-6-7)15-9-3-1-2-8(12)4-9/h5-6,8-9H,1-4,12H2. The predicted octanol–water partition coefficient (Wildman–Crippen LogP) is 1.73. The monoisotopic (exact) mass is 319 g/mol. The Labute approximate surface area is 103 Å². The maximum Gasteiger partial charge on any atom is 0.316 e. The third-order valence-corrected chi connectivity index (χ3v) is 3.09. The Hall–Kier alpha value is -0.430.